The second kappa shape index (κ2) is 8.30. The molecule has 9 nitrogen and oxygen atoms in total. The van der Waals surface area contributed by atoms with Gasteiger partial charge in [0.15, 0.2) is 23.0 Å². The van der Waals surface area contributed by atoms with Crippen LogP contribution in [0, 0.1) is 10.1 Å². The van der Waals surface area contributed by atoms with Crippen molar-refractivity contribution in [1.82, 2.24) is 5.32 Å². The Hall–Kier alpha value is -3.75. The SMILES string of the molecule is COc1ccc(CNC(=O)/C=C/c2cc3c(cc2[N+](=O)[O-])OCO3)cc1OC. The Morgan fingerprint density at radius 1 is 1.18 bits per heavy atom. The fourth-order valence-corrected chi connectivity index (χ4v) is 2.64. The van der Waals surface area contributed by atoms with Crippen LogP contribution in [0.3, 0.4) is 0 Å². The Morgan fingerprint density at radius 2 is 1.89 bits per heavy atom. The van der Waals surface area contributed by atoms with Crippen LogP contribution in [0.25, 0.3) is 6.08 Å². The first-order chi connectivity index (χ1) is 13.5. The number of benzene rings is 2. The molecule has 146 valence electrons. The van der Waals surface area contributed by atoms with Gasteiger partial charge in [0.05, 0.1) is 30.8 Å². The molecule has 1 aliphatic heterocycles. The highest BCUT2D eigenvalue weighted by molar-refractivity contribution is 5.92. The van der Waals surface area contributed by atoms with Crippen molar-refractivity contribution in [3.8, 4) is 23.0 Å². The minimum atomic E-state index is -0.539. The molecule has 1 aliphatic rings. The summed E-state index contributed by atoms with van der Waals surface area (Å²) in [5, 5.41) is 14.0. The molecule has 9 heteroatoms. The number of fused-ring (bicyclic) bond motifs is 1. The van der Waals surface area contributed by atoms with Crippen LogP contribution in [0.4, 0.5) is 5.69 Å². The third-order valence-electron chi connectivity index (χ3n) is 4.05. The summed E-state index contributed by atoms with van der Waals surface area (Å²) < 4.78 is 20.8. The number of methoxy groups -OCH3 is 2. The Kier molecular flexibility index (Phi) is 5.64. The van der Waals surface area contributed by atoms with Crippen molar-refractivity contribution < 1.29 is 28.7 Å². The number of rotatable bonds is 7. The van der Waals surface area contributed by atoms with Gasteiger partial charge in [-0.1, -0.05) is 6.07 Å². The fraction of sp³-hybridized carbons (Fsp3) is 0.211. The van der Waals surface area contributed by atoms with Gasteiger partial charge in [0, 0.05) is 12.6 Å². The molecular formula is C19H18N2O7. The van der Waals surface area contributed by atoms with Gasteiger partial charge in [-0.25, -0.2) is 0 Å². The molecule has 0 fully saturated rings. The van der Waals surface area contributed by atoms with Crippen LogP contribution in [-0.4, -0.2) is 31.8 Å². The first-order valence-corrected chi connectivity index (χ1v) is 8.26. The van der Waals surface area contributed by atoms with E-state index in [-0.39, 0.29) is 24.6 Å². The first-order valence-electron chi connectivity index (χ1n) is 8.26. The van der Waals surface area contributed by atoms with Gasteiger partial charge in [-0.15, -0.1) is 0 Å². The zero-order valence-corrected chi connectivity index (χ0v) is 15.3. The van der Waals surface area contributed by atoms with Crippen molar-refractivity contribution in [3.63, 3.8) is 0 Å². The van der Waals surface area contributed by atoms with E-state index in [1.54, 1.807) is 25.3 Å². The summed E-state index contributed by atoms with van der Waals surface area (Å²) in [5.74, 6) is 1.45. The van der Waals surface area contributed by atoms with E-state index in [1.807, 2.05) is 0 Å². The Balaban J connectivity index is 1.68. The standard InChI is InChI=1S/C19H18N2O7/c1-25-15-5-3-12(7-16(15)26-2)10-20-19(22)6-4-13-8-17-18(28-11-27-17)9-14(13)21(23)24/h3-9H,10-11H2,1-2H3,(H,20,22)/b6-4+. The fourth-order valence-electron chi connectivity index (χ4n) is 2.64. The van der Waals surface area contributed by atoms with Gasteiger partial charge >= 0.3 is 0 Å². The zero-order chi connectivity index (χ0) is 20.1. The van der Waals surface area contributed by atoms with E-state index in [0.717, 1.165) is 5.56 Å². The Bertz CT molecular complexity index is 940. The third kappa shape index (κ3) is 4.14. The Labute approximate surface area is 160 Å². The summed E-state index contributed by atoms with van der Waals surface area (Å²) in [5.41, 5.74) is 0.886. The van der Waals surface area contributed by atoms with Gasteiger partial charge in [0.25, 0.3) is 5.69 Å². The third-order valence-corrected chi connectivity index (χ3v) is 4.05. The van der Waals surface area contributed by atoms with Gasteiger partial charge in [-0.2, -0.15) is 0 Å². The van der Waals surface area contributed by atoms with Crippen molar-refractivity contribution in [2.24, 2.45) is 0 Å². The molecule has 3 rings (SSSR count). The van der Waals surface area contributed by atoms with E-state index < -0.39 is 10.8 Å². The number of carbonyl (C=O) groups is 1. The molecule has 0 unspecified atom stereocenters. The lowest BCUT2D eigenvalue weighted by atomic mass is 10.1. The van der Waals surface area contributed by atoms with Gasteiger partial charge in [0.1, 0.15) is 0 Å². The van der Waals surface area contributed by atoms with E-state index in [9.17, 15) is 14.9 Å². The molecule has 0 saturated heterocycles. The maximum absolute atomic E-state index is 12.1. The molecule has 2 aromatic rings. The van der Waals surface area contributed by atoms with Crippen LogP contribution in [-0.2, 0) is 11.3 Å². The summed E-state index contributed by atoms with van der Waals surface area (Å²) in [6, 6.07) is 8.05. The predicted molar refractivity (Wildman–Crippen MR) is 99.6 cm³/mol. The van der Waals surface area contributed by atoms with Gasteiger partial charge in [-0.05, 0) is 29.8 Å². The molecule has 1 heterocycles. The smallest absolute Gasteiger partial charge is 0.280 e. The van der Waals surface area contributed by atoms with E-state index in [2.05, 4.69) is 5.32 Å². The summed E-state index contributed by atoms with van der Waals surface area (Å²) in [7, 11) is 3.07. The van der Waals surface area contributed by atoms with Gasteiger partial charge in [-0.3, -0.25) is 14.9 Å². The lowest BCUT2D eigenvalue weighted by Crippen LogP contribution is -2.20. The average molecular weight is 386 g/mol. The minimum absolute atomic E-state index is 0.00542. The van der Waals surface area contributed by atoms with E-state index in [0.29, 0.717) is 23.0 Å². The number of hydrogen-bond acceptors (Lipinski definition) is 7. The molecule has 0 radical (unpaired) electrons. The zero-order valence-electron chi connectivity index (χ0n) is 15.3. The highest BCUT2D eigenvalue weighted by Gasteiger charge is 2.22. The molecule has 0 spiro atoms. The van der Waals surface area contributed by atoms with Crippen LogP contribution >= 0.6 is 0 Å². The predicted octanol–water partition coefficient (Wildman–Crippen LogP) is 2.67. The lowest BCUT2D eigenvalue weighted by Gasteiger charge is -2.09. The maximum atomic E-state index is 12.1. The molecule has 1 amide bonds. The van der Waals surface area contributed by atoms with Crippen molar-refractivity contribution in [1.29, 1.82) is 0 Å². The maximum Gasteiger partial charge on any atom is 0.280 e. The van der Waals surface area contributed by atoms with Crippen LogP contribution in [0.5, 0.6) is 23.0 Å². The number of carbonyl (C=O) groups excluding carboxylic acids is 1. The second-order valence-corrected chi connectivity index (χ2v) is 5.76. The van der Waals surface area contributed by atoms with Crippen LogP contribution in [0.1, 0.15) is 11.1 Å². The number of nitrogens with zero attached hydrogens (tertiary/aromatic N) is 1. The van der Waals surface area contributed by atoms with Crippen LogP contribution in [0.2, 0.25) is 0 Å². The molecule has 1 N–H and O–H groups in total. The summed E-state index contributed by atoms with van der Waals surface area (Å²) >= 11 is 0. The van der Waals surface area contributed by atoms with Crippen LogP contribution in [0.15, 0.2) is 36.4 Å². The first kappa shape index (κ1) is 19.0. The number of hydrogen-bond donors (Lipinski definition) is 1. The van der Waals surface area contributed by atoms with Crippen molar-refractivity contribution >= 4 is 17.7 Å². The minimum Gasteiger partial charge on any atom is -0.493 e. The molecule has 0 aromatic heterocycles. The highest BCUT2D eigenvalue weighted by Crippen LogP contribution is 2.38. The van der Waals surface area contributed by atoms with E-state index in [1.165, 1.54) is 31.4 Å². The number of nitro benzene ring substituents is 1. The second-order valence-electron chi connectivity index (χ2n) is 5.76. The topological polar surface area (TPSA) is 109 Å². The van der Waals surface area contributed by atoms with Crippen molar-refractivity contribution in [3.05, 3.63) is 57.6 Å². The Morgan fingerprint density at radius 3 is 2.57 bits per heavy atom. The lowest BCUT2D eigenvalue weighted by molar-refractivity contribution is -0.385. The number of nitrogens with one attached hydrogen (secondary N) is 1. The average Bonchev–Trinajstić information content (AvgIpc) is 3.17. The van der Waals surface area contributed by atoms with Gasteiger partial charge < -0.3 is 24.3 Å². The number of ether oxygens (including phenoxy) is 4. The molecular weight excluding hydrogens is 368 g/mol. The summed E-state index contributed by atoms with van der Waals surface area (Å²) in [4.78, 5) is 22.8. The monoisotopic (exact) mass is 386 g/mol. The van der Waals surface area contributed by atoms with Crippen LogP contribution < -0.4 is 24.3 Å². The molecule has 0 bridgehead atoms. The molecule has 0 saturated carbocycles. The van der Waals surface area contributed by atoms with E-state index >= 15 is 0 Å². The van der Waals surface area contributed by atoms with Crippen molar-refractivity contribution in [2.45, 2.75) is 6.54 Å². The molecule has 2 aromatic carbocycles. The van der Waals surface area contributed by atoms with Gasteiger partial charge in [0.2, 0.25) is 12.7 Å². The number of nitro groups is 1. The van der Waals surface area contributed by atoms with E-state index in [4.69, 9.17) is 18.9 Å². The molecule has 0 atom stereocenters. The summed E-state index contributed by atoms with van der Waals surface area (Å²) in [6.45, 7) is 0.262. The highest BCUT2D eigenvalue weighted by atomic mass is 16.7. The molecule has 28 heavy (non-hydrogen) atoms. The molecule has 0 aliphatic carbocycles. The van der Waals surface area contributed by atoms with Crippen molar-refractivity contribution in [2.75, 3.05) is 21.0 Å². The number of amides is 1. The summed E-state index contributed by atoms with van der Waals surface area (Å²) in [6.07, 6.45) is 2.59. The quantitative estimate of drug-likeness (QED) is 0.443. The normalized spacial score (nSPS) is 12.1. The largest absolute Gasteiger partial charge is 0.493 e.